The molecular weight excluding hydrogens is 344 g/mol. The summed E-state index contributed by atoms with van der Waals surface area (Å²) in [4.78, 5) is 28.7. The maximum atomic E-state index is 12.7. The number of hydrogen-bond acceptors (Lipinski definition) is 4. The van der Waals surface area contributed by atoms with Crippen LogP contribution < -0.4 is 15.4 Å². The molecule has 7 nitrogen and oxygen atoms in total. The number of benzene rings is 2. The smallest absolute Gasteiger partial charge is 0.262 e. The Morgan fingerprint density at radius 2 is 2.15 bits per heavy atom. The first kappa shape index (κ1) is 17.1. The molecule has 1 aliphatic heterocycles. The van der Waals surface area contributed by atoms with Crippen molar-refractivity contribution in [2.24, 2.45) is 0 Å². The van der Waals surface area contributed by atoms with Gasteiger partial charge in [-0.15, -0.1) is 0 Å². The highest BCUT2D eigenvalue weighted by atomic mass is 16.5. The Balaban J connectivity index is 1.57. The van der Waals surface area contributed by atoms with Crippen molar-refractivity contribution < 1.29 is 14.3 Å². The number of aryl methyl sites for hydroxylation is 1. The standard InChI is InChI=1S/C20H20N4O3/c1-3-24-16-7-5-4-6-14(16)23-19(24)12(2)21-20(26)13-8-9-15-17(10-13)27-11-18(25)22-15/h4-10,12H,3,11H2,1-2H3,(H,21,26)(H,22,25)/t12-/m0/s1. The lowest BCUT2D eigenvalue weighted by molar-refractivity contribution is -0.118. The summed E-state index contributed by atoms with van der Waals surface area (Å²) in [5.41, 5.74) is 3.00. The summed E-state index contributed by atoms with van der Waals surface area (Å²) >= 11 is 0. The zero-order valence-electron chi connectivity index (χ0n) is 15.2. The topological polar surface area (TPSA) is 85.2 Å². The van der Waals surface area contributed by atoms with Gasteiger partial charge in [0.1, 0.15) is 11.6 Å². The molecule has 2 amide bonds. The molecule has 1 aliphatic rings. The van der Waals surface area contributed by atoms with E-state index >= 15 is 0 Å². The first-order chi connectivity index (χ1) is 13.1. The number of para-hydroxylation sites is 2. The molecule has 0 spiro atoms. The number of aromatic nitrogens is 2. The maximum absolute atomic E-state index is 12.7. The Kier molecular flexibility index (Phi) is 4.27. The van der Waals surface area contributed by atoms with Gasteiger partial charge in [0.2, 0.25) is 0 Å². The molecule has 0 aliphatic carbocycles. The molecule has 1 atom stereocenters. The fourth-order valence-corrected chi connectivity index (χ4v) is 3.32. The number of anilines is 1. The van der Waals surface area contributed by atoms with Gasteiger partial charge in [-0.05, 0) is 44.2 Å². The van der Waals surface area contributed by atoms with E-state index in [9.17, 15) is 9.59 Å². The van der Waals surface area contributed by atoms with Gasteiger partial charge in [-0.25, -0.2) is 4.98 Å². The van der Waals surface area contributed by atoms with E-state index < -0.39 is 0 Å². The van der Waals surface area contributed by atoms with E-state index in [4.69, 9.17) is 4.74 Å². The lowest BCUT2D eigenvalue weighted by Gasteiger charge is -2.19. The van der Waals surface area contributed by atoms with Crippen molar-refractivity contribution >= 4 is 28.5 Å². The predicted octanol–water partition coefficient (Wildman–Crippen LogP) is 2.88. The third kappa shape index (κ3) is 3.12. The number of ether oxygens (including phenoxy) is 1. The van der Waals surface area contributed by atoms with Crippen LogP contribution in [0, 0.1) is 0 Å². The Bertz CT molecular complexity index is 1040. The predicted molar refractivity (Wildman–Crippen MR) is 102 cm³/mol. The summed E-state index contributed by atoms with van der Waals surface area (Å²) in [5, 5.41) is 5.71. The number of rotatable bonds is 4. The van der Waals surface area contributed by atoms with E-state index in [1.807, 2.05) is 31.2 Å². The second kappa shape index (κ2) is 6.75. The zero-order valence-corrected chi connectivity index (χ0v) is 15.2. The number of fused-ring (bicyclic) bond motifs is 2. The summed E-state index contributed by atoms with van der Waals surface area (Å²) < 4.78 is 7.49. The largest absolute Gasteiger partial charge is 0.482 e. The zero-order chi connectivity index (χ0) is 19.0. The summed E-state index contributed by atoms with van der Waals surface area (Å²) in [6.07, 6.45) is 0. The van der Waals surface area contributed by atoms with E-state index in [1.54, 1.807) is 18.2 Å². The van der Waals surface area contributed by atoms with Crippen LogP contribution >= 0.6 is 0 Å². The van der Waals surface area contributed by atoms with E-state index in [0.717, 1.165) is 23.4 Å². The van der Waals surface area contributed by atoms with Crippen molar-refractivity contribution in [2.45, 2.75) is 26.4 Å². The molecule has 27 heavy (non-hydrogen) atoms. The molecular formula is C20H20N4O3. The second-order valence-electron chi connectivity index (χ2n) is 6.45. The van der Waals surface area contributed by atoms with Crippen LogP contribution in [0.1, 0.15) is 36.1 Å². The van der Waals surface area contributed by atoms with Crippen LogP contribution in [0.2, 0.25) is 0 Å². The molecule has 2 aromatic carbocycles. The number of amides is 2. The van der Waals surface area contributed by atoms with Crippen LogP contribution in [0.3, 0.4) is 0 Å². The summed E-state index contributed by atoms with van der Waals surface area (Å²) in [6.45, 7) is 4.69. The minimum Gasteiger partial charge on any atom is -0.482 e. The summed E-state index contributed by atoms with van der Waals surface area (Å²) in [5.74, 6) is 0.886. The quantitative estimate of drug-likeness (QED) is 0.745. The highest BCUT2D eigenvalue weighted by Crippen LogP contribution is 2.29. The van der Waals surface area contributed by atoms with Gasteiger partial charge in [0, 0.05) is 12.1 Å². The minimum absolute atomic E-state index is 0.0466. The maximum Gasteiger partial charge on any atom is 0.262 e. The number of imidazole rings is 1. The lowest BCUT2D eigenvalue weighted by atomic mass is 10.1. The van der Waals surface area contributed by atoms with Gasteiger partial charge < -0.3 is 19.9 Å². The van der Waals surface area contributed by atoms with Gasteiger partial charge in [0.05, 0.1) is 22.8 Å². The molecule has 0 radical (unpaired) electrons. The van der Waals surface area contributed by atoms with Gasteiger partial charge in [0.15, 0.2) is 6.61 Å². The number of carbonyl (C=O) groups excluding carboxylic acids is 2. The number of carbonyl (C=O) groups is 2. The third-order valence-corrected chi connectivity index (χ3v) is 4.61. The van der Waals surface area contributed by atoms with Crippen LogP contribution in [0.15, 0.2) is 42.5 Å². The van der Waals surface area contributed by atoms with Crippen LogP contribution in [0.5, 0.6) is 5.75 Å². The molecule has 1 aromatic heterocycles. The number of hydrogen-bond donors (Lipinski definition) is 2. The van der Waals surface area contributed by atoms with E-state index in [0.29, 0.717) is 17.0 Å². The molecule has 7 heteroatoms. The van der Waals surface area contributed by atoms with Gasteiger partial charge in [-0.1, -0.05) is 12.1 Å². The fourth-order valence-electron chi connectivity index (χ4n) is 3.32. The SMILES string of the molecule is CCn1c([C@H](C)NC(=O)c2ccc3c(c2)OCC(=O)N3)nc2ccccc21. The number of nitrogens with zero attached hydrogens (tertiary/aromatic N) is 2. The molecule has 0 unspecified atom stereocenters. The average molecular weight is 364 g/mol. The highest BCUT2D eigenvalue weighted by Gasteiger charge is 2.21. The second-order valence-corrected chi connectivity index (χ2v) is 6.45. The van der Waals surface area contributed by atoms with Crippen LogP contribution in [0.4, 0.5) is 5.69 Å². The number of nitrogens with one attached hydrogen (secondary N) is 2. The molecule has 3 aromatic rings. The van der Waals surface area contributed by atoms with E-state index in [1.165, 1.54) is 0 Å². The van der Waals surface area contributed by atoms with Crippen molar-refractivity contribution in [3.63, 3.8) is 0 Å². The van der Waals surface area contributed by atoms with Gasteiger partial charge in [-0.2, -0.15) is 0 Å². The first-order valence-corrected chi connectivity index (χ1v) is 8.89. The minimum atomic E-state index is -0.262. The fraction of sp³-hybridized carbons (Fsp3) is 0.250. The Morgan fingerprint density at radius 3 is 2.96 bits per heavy atom. The molecule has 0 bridgehead atoms. The van der Waals surface area contributed by atoms with Crippen molar-refractivity contribution in [1.82, 2.24) is 14.9 Å². The Morgan fingerprint density at radius 1 is 1.33 bits per heavy atom. The molecule has 2 N–H and O–H groups in total. The van der Waals surface area contributed by atoms with Crippen LogP contribution in [0.25, 0.3) is 11.0 Å². The molecule has 0 saturated heterocycles. The molecule has 0 saturated carbocycles. The molecule has 2 heterocycles. The lowest BCUT2D eigenvalue weighted by Crippen LogP contribution is -2.29. The normalized spacial score (nSPS) is 14.2. The summed E-state index contributed by atoms with van der Waals surface area (Å²) in [7, 11) is 0. The molecule has 4 rings (SSSR count). The molecule has 138 valence electrons. The summed E-state index contributed by atoms with van der Waals surface area (Å²) in [6, 6.07) is 12.6. The van der Waals surface area contributed by atoms with Gasteiger partial charge in [0.25, 0.3) is 11.8 Å². The average Bonchev–Trinajstić information content (AvgIpc) is 3.06. The van der Waals surface area contributed by atoms with Crippen molar-refractivity contribution in [1.29, 1.82) is 0 Å². The van der Waals surface area contributed by atoms with Crippen molar-refractivity contribution in [3.05, 3.63) is 53.9 Å². The third-order valence-electron chi connectivity index (χ3n) is 4.61. The van der Waals surface area contributed by atoms with Gasteiger partial charge in [-0.3, -0.25) is 9.59 Å². The van der Waals surface area contributed by atoms with E-state index in [2.05, 4.69) is 27.1 Å². The first-order valence-electron chi connectivity index (χ1n) is 8.89. The van der Waals surface area contributed by atoms with Crippen molar-refractivity contribution in [3.8, 4) is 5.75 Å². The Hall–Kier alpha value is -3.35. The van der Waals surface area contributed by atoms with Gasteiger partial charge >= 0.3 is 0 Å². The molecule has 0 fully saturated rings. The van der Waals surface area contributed by atoms with E-state index in [-0.39, 0.29) is 24.5 Å². The van der Waals surface area contributed by atoms with Crippen molar-refractivity contribution in [2.75, 3.05) is 11.9 Å². The monoisotopic (exact) mass is 364 g/mol. The highest BCUT2D eigenvalue weighted by molar-refractivity contribution is 5.99. The Labute approximate surface area is 156 Å². The van der Waals surface area contributed by atoms with Crippen LogP contribution in [-0.2, 0) is 11.3 Å². The van der Waals surface area contributed by atoms with Crippen LogP contribution in [-0.4, -0.2) is 28.0 Å².